The van der Waals surface area contributed by atoms with Crippen LogP contribution in [0.1, 0.15) is 31.4 Å². The lowest BCUT2D eigenvalue weighted by atomic mass is 10.2. The highest BCUT2D eigenvalue weighted by Crippen LogP contribution is 2.11. The van der Waals surface area contributed by atoms with Crippen molar-refractivity contribution in [1.29, 1.82) is 0 Å². The van der Waals surface area contributed by atoms with Crippen molar-refractivity contribution >= 4 is 5.91 Å². The van der Waals surface area contributed by atoms with Crippen molar-refractivity contribution in [3.05, 3.63) is 18.1 Å². The number of ether oxygens (including phenoxy) is 1. The molecule has 0 bridgehead atoms. The predicted octanol–water partition coefficient (Wildman–Crippen LogP) is 1.57. The van der Waals surface area contributed by atoms with Gasteiger partial charge in [-0.2, -0.15) is 0 Å². The van der Waals surface area contributed by atoms with E-state index in [0.29, 0.717) is 5.88 Å². The molecule has 0 atom stereocenters. The van der Waals surface area contributed by atoms with Crippen molar-refractivity contribution in [3.63, 3.8) is 0 Å². The molecule has 0 unspecified atom stereocenters. The summed E-state index contributed by atoms with van der Waals surface area (Å²) in [6.45, 7) is 3.64. The highest BCUT2D eigenvalue weighted by molar-refractivity contribution is 5.77. The Hall–Kier alpha value is -1.65. The summed E-state index contributed by atoms with van der Waals surface area (Å²) in [5.74, 6) is 0.513. The van der Waals surface area contributed by atoms with Crippen molar-refractivity contribution in [2.24, 2.45) is 0 Å². The highest BCUT2D eigenvalue weighted by atomic mass is 16.5. The van der Waals surface area contributed by atoms with Gasteiger partial charge in [0.2, 0.25) is 5.88 Å². The second-order valence-corrected chi connectivity index (χ2v) is 4.58. The third-order valence-electron chi connectivity index (χ3n) is 3.08. The minimum atomic E-state index is 0.0492. The van der Waals surface area contributed by atoms with E-state index in [4.69, 9.17) is 4.74 Å². The number of amides is 1. The van der Waals surface area contributed by atoms with Gasteiger partial charge >= 0.3 is 0 Å². The van der Waals surface area contributed by atoms with E-state index in [1.807, 2.05) is 11.8 Å². The molecule has 5 heteroatoms. The normalized spacial score (nSPS) is 16.2. The molecular weight excluding hydrogens is 230 g/mol. The first-order valence-electron chi connectivity index (χ1n) is 6.45. The zero-order valence-electron chi connectivity index (χ0n) is 10.8. The fraction of sp³-hybridized carbons (Fsp3) is 0.615. The molecule has 1 aromatic rings. The SMILES string of the molecule is Cc1cc(OCC(=O)N2CCCCCC2)ncn1. The van der Waals surface area contributed by atoms with Crippen LogP contribution in [0.25, 0.3) is 0 Å². The number of hydrogen-bond donors (Lipinski definition) is 0. The zero-order valence-corrected chi connectivity index (χ0v) is 10.8. The number of aromatic nitrogens is 2. The Bertz CT molecular complexity index is 401. The summed E-state index contributed by atoms with van der Waals surface area (Å²) in [5, 5.41) is 0. The molecular formula is C13H19N3O2. The number of rotatable bonds is 3. The van der Waals surface area contributed by atoms with Gasteiger partial charge in [-0.25, -0.2) is 9.97 Å². The van der Waals surface area contributed by atoms with Gasteiger partial charge in [0.1, 0.15) is 6.33 Å². The van der Waals surface area contributed by atoms with Crippen molar-refractivity contribution in [3.8, 4) is 5.88 Å². The van der Waals surface area contributed by atoms with E-state index in [2.05, 4.69) is 9.97 Å². The van der Waals surface area contributed by atoms with Gasteiger partial charge in [0.05, 0.1) is 0 Å². The molecule has 2 heterocycles. The first kappa shape index (κ1) is 12.8. The molecule has 1 aliphatic heterocycles. The molecule has 1 saturated heterocycles. The number of likely N-dealkylation sites (tertiary alicyclic amines) is 1. The fourth-order valence-corrected chi connectivity index (χ4v) is 2.06. The molecule has 2 rings (SSSR count). The fourth-order valence-electron chi connectivity index (χ4n) is 2.06. The minimum Gasteiger partial charge on any atom is -0.467 e. The Labute approximate surface area is 107 Å². The molecule has 98 valence electrons. The van der Waals surface area contributed by atoms with Gasteiger partial charge in [-0.3, -0.25) is 4.79 Å². The smallest absolute Gasteiger partial charge is 0.260 e. The van der Waals surface area contributed by atoms with E-state index in [1.54, 1.807) is 6.07 Å². The van der Waals surface area contributed by atoms with Crippen LogP contribution in [0.4, 0.5) is 0 Å². The van der Waals surface area contributed by atoms with Crippen LogP contribution >= 0.6 is 0 Å². The van der Waals surface area contributed by atoms with Gasteiger partial charge in [-0.1, -0.05) is 12.8 Å². The van der Waals surface area contributed by atoms with E-state index in [-0.39, 0.29) is 12.5 Å². The van der Waals surface area contributed by atoms with Gasteiger partial charge in [0.15, 0.2) is 6.61 Å². The maximum absolute atomic E-state index is 12.0. The average Bonchev–Trinajstić information content (AvgIpc) is 2.65. The topological polar surface area (TPSA) is 55.3 Å². The maximum Gasteiger partial charge on any atom is 0.260 e. The average molecular weight is 249 g/mol. The zero-order chi connectivity index (χ0) is 12.8. The molecule has 1 aliphatic rings. The Morgan fingerprint density at radius 1 is 1.28 bits per heavy atom. The number of carbonyl (C=O) groups is 1. The number of carbonyl (C=O) groups excluding carboxylic acids is 1. The van der Waals surface area contributed by atoms with Gasteiger partial charge in [0, 0.05) is 24.8 Å². The summed E-state index contributed by atoms with van der Waals surface area (Å²) in [7, 11) is 0. The monoisotopic (exact) mass is 249 g/mol. The van der Waals surface area contributed by atoms with Gasteiger partial charge in [0.25, 0.3) is 5.91 Å². The lowest BCUT2D eigenvalue weighted by Crippen LogP contribution is -2.35. The van der Waals surface area contributed by atoms with Crippen molar-refractivity contribution in [1.82, 2.24) is 14.9 Å². The maximum atomic E-state index is 12.0. The van der Waals surface area contributed by atoms with Crippen LogP contribution in [-0.2, 0) is 4.79 Å². The standard InChI is InChI=1S/C13H19N3O2/c1-11-8-12(15-10-14-11)18-9-13(17)16-6-4-2-3-5-7-16/h8,10H,2-7,9H2,1H3. The first-order chi connectivity index (χ1) is 8.75. The van der Waals surface area contributed by atoms with E-state index in [9.17, 15) is 4.79 Å². The van der Waals surface area contributed by atoms with E-state index < -0.39 is 0 Å². The van der Waals surface area contributed by atoms with Crippen LogP contribution < -0.4 is 4.74 Å². The van der Waals surface area contributed by atoms with Crippen molar-refractivity contribution in [2.75, 3.05) is 19.7 Å². The van der Waals surface area contributed by atoms with Crippen LogP contribution in [0.5, 0.6) is 5.88 Å². The summed E-state index contributed by atoms with van der Waals surface area (Å²) >= 11 is 0. The largest absolute Gasteiger partial charge is 0.467 e. The molecule has 1 amide bonds. The number of nitrogens with zero attached hydrogens (tertiary/aromatic N) is 3. The van der Waals surface area contributed by atoms with Gasteiger partial charge in [-0.05, 0) is 19.8 Å². The van der Waals surface area contributed by atoms with Crippen LogP contribution in [-0.4, -0.2) is 40.5 Å². The van der Waals surface area contributed by atoms with Gasteiger partial charge in [-0.15, -0.1) is 0 Å². The van der Waals surface area contributed by atoms with Crippen LogP contribution in [0.2, 0.25) is 0 Å². The second-order valence-electron chi connectivity index (χ2n) is 4.58. The van der Waals surface area contributed by atoms with Crippen LogP contribution in [0.3, 0.4) is 0 Å². The van der Waals surface area contributed by atoms with Crippen molar-refractivity contribution < 1.29 is 9.53 Å². The summed E-state index contributed by atoms with van der Waals surface area (Å²) < 4.78 is 5.40. The Morgan fingerprint density at radius 3 is 2.67 bits per heavy atom. The lowest BCUT2D eigenvalue weighted by Gasteiger charge is -2.20. The molecule has 18 heavy (non-hydrogen) atoms. The van der Waals surface area contributed by atoms with Crippen LogP contribution in [0, 0.1) is 6.92 Å². The lowest BCUT2D eigenvalue weighted by molar-refractivity contribution is -0.133. The summed E-state index contributed by atoms with van der Waals surface area (Å²) in [6, 6.07) is 1.73. The molecule has 0 aromatic carbocycles. The molecule has 0 spiro atoms. The summed E-state index contributed by atoms with van der Waals surface area (Å²) in [5.41, 5.74) is 0.835. The molecule has 0 aliphatic carbocycles. The van der Waals surface area contributed by atoms with Crippen molar-refractivity contribution in [2.45, 2.75) is 32.6 Å². The van der Waals surface area contributed by atoms with E-state index in [1.165, 1.54) is 19.2 Å². The number of hydrogen-bond acceptors (Lipinski definition) is 4. The molecule has 0 saturated carbocycles. The third kappa shape index (κ3) is 3.68. The van der Waals surface area contributed by atoms with Gasteiger partial charge < -0.3 is 9.64 Å². The van der Waals surface area contributed by atoms with E-state index in [0.717, 1.165) is 31.6 Å². The Morgan fingerprint density at radius 2 is 2.00 bits per heavy atom. The molecule has 1 aromatic heterocycles. The Kier molecular flexibility index (Phi) is 4.50. The quantitative estimate of drug-likeness (QED) is 0.816. The molecule has 0 N–H and O–H groups in total. The first-order valence-corrected chi connectivity index (χ1v) is 6.45. The van der Waals surface area contributed by atoms with E-state index >= 15 is 0 Å². The number of aryl methyl sites for hydroxylation is 1. The predicted molar refractivity (Wildman–Crippen MR) is 67.3 cm³/mol. The van der Waals surface area contributed by atoms with Crippen LogP contribution in [0.15, 0.2) is 12.4 Å². The molecule has 5 nitrogen and oxygen atoms in total. The minimum absolute atomic E-state index is 0.0492. The Balaban J connectivity index is 1.83. The summed E-state index contributed by atoms with van der Waals surface area (Å²) in [4.78, 5) is 21.8. The summed E-state index contributed by atoms with van der Waals surface area (Å²) in [6.07, 6.45) is 6.07. The second kappa shape index (κ2) is 6.33. The highest BCUT2D eigenvalue weighted by Gasteiger charge is 2.15. The molecule has 1 fully saturated rings. The third-order valence-corrected chi connectivity index (χ3v) is 3.08. The molecule has 0 radical (unpaired) electrons.